The minimum atomic E-state index is -1.59. The van der Waals surface area contributed by atoms with Crippen LogP contribution in [0.5, 0.6) is 5.75 Å². The van der Waals surface area contributed by atoms with Crippen LogP contribution in [-0.4, -0.2) is 44.6 Å². The Morgan fingerprint density at radius 3 is 2.53 bits per heavy atom. The smallest absolute Gasteiger partial charge is 0.425 e. The second-order valence-corrected chi connectivity index (χ2v) is 8.36. The summed E-state index contributed by atoms with van der Waals surface area (Å²) in [5, 5.41) is 25.3. The fourth-order valence-corrected chi connectivity index (χ4v) is 3.65. The van der Waals surface area contributed by atoms with E-state index in [0.29, 0.717) is 16.2 Å². The molecule has 0 fully saturated rings. The summed E-state index contributed by atoms with van der Waals surface area (Å²) >= 11 is 0. The Morgan fingerprint density at radius 2 is 1.88 bits per heavy atom. The van der Waals surface area contributed by atoms with Crippen molar-refractivity contribution in [2.24, 2.45) is 0 Å². The third kappa shape index (κ3) is 3.84. The first-order chi connectivity index (χ1) is 16.2. The Balaban J connectivity index is 2.13. The van der Waals surface area contributed by atoms with E-state index in [2.05, 4.69) is 10.1 Å². The molecule has 0 bridgehead atoms. The highest BCUT2D eigenvalue weighted by Crippen LogP contribution is 2.42. The number of ether oxygens (including phenoxy) is 2. The monoisotopic (exact) mass is 459 g/mol. The molecule has 4 rings (SSSR count). The van der Waals surface area contributed by atoms with Gasteiger partial charge in [-0.05, 0) is 37.6 Å². The summed E-state index contributed by atoms with van der Waals surface area (Å²) < 4.78 is 12.1. The number of nitrogens with zero attached hydrogens (tertiary/aromatic N) is 5. The summed E-state index contributed by atoms with van der Waals surface area (Å²) in [6, 6.07) is 13.0. The van der Waals surface area contributed by atoms with E-state index in [1.165, 1.54) is 19.5 Å². The number of carbonyl (C=O) groups excluding carboxylic acids is 1. The van der Waals surface area contributed by atoms with Crippen LogP contribution in [0.1, 0.15) is 26.3 Å². The van der Waals surface area contributed by atoms with E-state index in [9.17, 15) is 20.0 Å². The van der Waals surface area contributed by atoms with E-state index in [1.54, 1.807) is 26.8 Å². The van der Waals surface area contributed by atoms with Crippen LogP contribution >= 0.6 is 0 Å². The second kappa shape index (κ2) is 8.37. The van der Waals surface area contributed by atoms with Gasteiger partial charge in [0.25, 0.3) is 0 Å². The number of anilines is 1. The van der Waals surface area contributed by atoms with Crippen molar-refractivity contribution in [3.63, 3.8) is 0 Å². The standard InChI is InChI=1S/C24H21N5O5/c1-24(2,3)34-23(32)28(22(30)31)21-17(13-26-20-15(11-25)12-27-29(20)21)19-16-8-6-5-7-14(16)9-10-18(19)33-4/h5-10,12-13H,1-4H3,(H,30,31). The Hall–Kier alpha value is -4.65. The normalized spacial score (nSPS) is 11.3. The van der Waals surface area contributed by atoms with Gasteiger partial charge < -0.3 is 14.6 Å². The first kappa shape index (κ1) is 22.5. The second-order valence-electron chi connectivity index (χ2n) is 8.36. The first-order valence-electron chi connectivity index (χ1n) is 10.2. The maximum Gasteiger partial charge on any atom is 0.425 e. The zero-order chi connectivity index (χ0) is 24.6. The molecular weight excluding hydrogens is 438 g/mol. The molecule has 2 heterocycles. The number of carboxylic acid groups (broad SMARTS) is 1. The van der Waals surface area contributed by atoms with Crippen molar-refractivity contribution in [2.45, 2.75) is 26.4 Å². The molecule has 2 amide bonds. The molecule has 0 spiro atoms. The minimum Gasteiger partial charge on any atom is -0.496 e. The number of nitriles is 1. The van der Waals surface area contributed by atoms with Gasteiger partial charge in [-0.1, -0.05) is 30.3 Å². The molecule has 0 unspecified atom stereocenters. The molecule has 1 N–H and O–H groups in total. The quantitative estimate of drug-likeness (QED) is 0.460. The van der Waals surface area contributed by atoms with E-state index in [1.807, 2.05) is 36.4 Å². The van der Waals surface area contributed by atoms with Crippen molar-refractivity contribution < 1.29 is 24.2 Å². The summed E-state index contributed by atoms with van der Waals surface area (Å²) in [5.41, 5.74) is 0.00849. The highest BCUT2D eigenvalue weighted by Gasteiger charge is 2.34. The van der Waals surface area contributed by atoms with Gasteiger partial charge in [0.05, 0.1) is 13.3 Å². The van der Waals surface area contributed by atoms with Crippen LogP contribution in [0, 0.1) is 11.3 Å². The van der Waals surface area contributed by atoms with E-state index < -0.39 is 17.8 Å². The molecule has 0 radical (unpaired) electrons. The molecule has 0 saturated heterocycles. The molecular formula is C24H21N5O5. The number of hydrogen-bond donors (Lipinski definition) is 1. The van der Waals surface area contributed by atoms with Crippen molar-refractivity contribution in [1.29, 1.82) is 5.26 Å². The lowest BCUT2D eigenvalue weighted by molar-refractivity contribution is 0.0580. The number of benzene rings is 2. The molecule has 172 valence electrons. The van der Waals surface area contributed by atoms with E-state index in [0.717, 1.165) is 15.3 Å². The summed E-state index contributed by atoms with van der Waals surface area (Å²) in [6.45, 7) is 4.89. The predicted molar refractivity (Wildman–Crippen MR) is 124 cm³/mol. The Morgan fingerprint density at radius 1 is 1.15 bits per heavy atom. The lowest BCUT2D eigenvalue weighted by Crippen LogP contribution is -2.41. The lowest BCUT2D eigenvalue weighted by atomic mass is 9.98. The van der Waals surface area contributed by atoms with Gasteiger partial charge in [0.1, 0.15) is 23.0 Å². The van der Waals surface area contributed by atoms with Gasteiger partial charge in [-0.15, -0.1) is 0 Å². The summed E-state index contributed by atoms with van der Waals surface area (Å²) in [4.78, 5) is 30.3. The van der Waals surface area contributed by atoms with Gasteiger partial charge >= 0.3 is 12.2 Å². The number of imide groups is 1. The zero-order valence-corrected chi connectivity index (χ0v) is 18.9. The van der Waals surface area contributed by atoms with Crippen LogP contribution in [0.15, 0.2) is 48.8 Å². The number of carbonyl (C=O) groups is 2. The predicted octanol–water partition coefficient (Wildman–Crippen LogP) is 4.85. The Kier molecular flexibility index (Phi) is 5.55. The lowest BCUT2D eigenvalue weighted by Gasteiger charge is -2.26. The molecule has 0 aliphatic carbocycles. The zero-order valence-electron chi connectivity index (χ0n) is 18.9. The third-order valence-electron chi connectivity index (χ3n) is 4.98. The minimum absolute atomic E-state index is 0.0928. The molecule has 0 atom stereocenters. The molecule has 4 aromatic rings. The molecule has 34 heavy (non-hydrogen) atoms. The van der Waals surface area contributed by atoms with Crippen molar-refractivity contribution in [3.8, 4) is 22.9 Å². The van der Waals surface area contributed by atoms with Crippen molar-refractivity contribution in [1.82, 2.24) is 14.6 Å². The number of hydrogen-bond acceptors (Lipinski definition) is 7. The van der Waals surface area contributed by atoms with Crippen LogP contribution in [-0.2, 0) is 4.74 Å². The number of amides is 2. The van der Waals surface area contributed by atoms with Crippen molar-refractivity contribution >= 4 is 34.4 Å². The average Bonchev–Trinajstić information content (AvgIpc) is 3.20. The SMILES string of the molecule is COc1ccc2ccccc2c1-c1cnc2c(C#N)cnn2c1N(C(=O)O)C(=O)OC(C)(C)C. The van der Waals surface area contributed by atoms with Crippen molar-refractivity contribution in [3.05, 3.63) is 54.4 Å². The molecule has 0 saturated carbocycles. The summed E-state index contributed by atoms with van der Waals surface area (Å²) in [6.07, 6.45) is -0.0544. The fourth-order valence-electron chi connectivity index (χ4n) is 3.65. The Labute approximate surface area is 194 Å². The van der Waals surface area contributed by atoms with E-state index >= 15 is 0 Å². The van der Waals surface area contributed by atoms with Gasteiger partial charge in [0.15, 0.2) is 11.5 Å². The highest BCUT2D eigenvalue weighted by atomic mass is 16.6. The highest BCUT2D eigenvalue weighted by molar-refractivity contribution is 6.13. The van der Waals surface area contributed by atoms with Gasteiger partial charge in [-0.2, -0.15) is 19.8 Å². The summed E-state index contributed by atoms with van der Waals surface area (Å²) in [5.74, 6) is 0.284. The maximum atomic E-state index is 13.1. The molecule has 0 aliphatic heterocycles. The third-order valence-corrected chi connectivity index (χ3v) is 4.98. The largest absolute Gasteiger partial charge is 0.496 e. The number of methoxy groups -OCH3 is 1. The van der Waals surface area contributed by atoms with Crippen LogP contribution in [0.3, 0.4) is 0 Å². The van der Waals surface area contributed by atoms with E-state index in [-0.39, 0.29) is 22.6 Å². The number of aromatic nitrogens is 3. The maximum absolute atomic E-state index is 13.1. The molecule has 2 aromatic heterocycles. The van der Waals surface area contributed by atoms with Crippen molar-refractivity contribution in [2.75, 3.05) is 12.0 Å². The van der Waals surface area contributed by atoms with E-state index in [4.69, 9.17) is 9.47 Å². The van der Waals surface area contributed by atoms with Gasteiger partial charge in [0, 0.05) is 17.3 Å². The number of fused-ring (bicyclic) bond motifs is 2. The summed E-state index contributed by atoms with van der Waals surface area (Å²) in [7, 11) is 1.49. The van der Waals surface area contributed by atoms with Crippen LogP contribution in [0.4, 0.5) is 15.4 Å². The molecule has 10 nitrogen and oxygen atoms in total. The molecule has 10 heteroatoms. The van der Waals surface area contributed by atoms with Crippen LogP contribution in [0.2, 0.25) is 0 Å². The topological polar surface area (TPSA) is 130 Å². The fraction of sp³-hybridized carbons (Fsp3) is 0.208. The van der Waals surface area contributed by atoms with Gasteiger partial charge in [0.2, 0.25) is 0 Å². The van der Waals surface area contributed by atoms with Gasteiger partial charge in [-0.25, -0.2) is 14.6 Å². The van der Waals surface area contributed by atoms with Crippen LogP contribution in [0.25, 0.3) is 27.5 Å². The number of rotatable bonds is 3. The molecule has 2 aromatic carbocycles. The first-order valence-corrected chi connectivity index (χ1v) is 10.2. The average molecular weight is 459 g/mol. The van der Waals surface area contributed by atoms with Crippen LogP contribution < -0.4 is 9.64 Å². The Bertz CT molecular complexity index is 1480. The molecule has 0 aliphatic rings. The van der Waals surface area contributed by atoms with Gasteiger partial charge in [-0.3, -0.25) is 0 Å².